The van der Waals surface area contributed by atoms with Gasteiger partial charge in [0.05, 0.1) is 24.1 Å². The van der Waals surface area contributed by atoms with Gasteiger partial charge in [-0.15, -0.1) is 0 Å². The molecule has 12 nitrogen and oxygen atoms in total. The number of carboxylic acid groups (broad SMARTS) is 1. The van der Waals surface area contributed by atoms with Crippen molar-refractivity contribution < 1.29 is 43.6 Å². The first-order chi connectivity index (χ1) is 26.5. The number of ketones is 2. The lowest BCUT2D eigenvalue weighted by Gasteiger charge is -2.60. The van der Waals surface area contributed by atoms with Crippen molar-refractivity contribution in [3.8, 4) is 5.75 Å². The van der Waals surface area contributed by atoms with Gasteiger partial charge in [0.2, 0.25) is 5.43 Å². The van der Waals surface area contributed by atoms with E-state index < -0.39 is 46.4 Å². The predicted molar refractivity (Wildman–Crippen MR) is 207 cm³/mol. The molecule has 8 atom stereocenters. The van der Waals surface area contributed by atoms with Crippen LogP contribution in [0.1, 0.15) is 93.4 Å². The third-order valence-corrected chi connectivity index (χ3v) is 15.1. The number of halogens is 1. The lowest BCUT2D eigenvalue weighted by atomic mass is 9.46. The van der Waals surface area contributed by atoms with Gasteiger partial charge in [0.15, 0.2) is 23.1 Å². The van der Waals surface area contributed by atoms with E-state index >= 15 is 4.39 Å². The van der Waals surface area contributed by atoms with Gasteiger partial charge in [-0.1, -0.05) is 25.5 Å². The number of fused-ring (bicyclic) bond motifs is 6. The molecule has 5 fully saturated rings. The summed E-state index contributed by atoms with van der Waals surface area (Å²) in [5.74, 6) is -2.11. The monoisotopic (exact) mass is 775 g/mol. The highest BCUT2D eigenvalue weighted by Crippen LogP contribution is 2.68. The molecule has 0 amide bonds. The van der Waals surface area contributed by atoms with Gasteiger partial charge in [0.1, 0.15) is 30.2 Å². The second-order valence-electron chi connectivity index (χ2n) is 17.8. The van der Waals surface area contributed by atoms with Crippen molar-refractivity contribution in [2.24, 2.45) is 28.6 Å². The maximum Gasteiger partial charge on any atom is 0.341 e. The smallest absolute Gasteiger partial charge is 0.341 e. The van der Waals surface area contributed by atoms with Gasteiger partial charge in [-0.2, -0.15) is 0 Å². The number of methoxy groups -OCH3 is 1. The molecule has 8 rings (SSSR count). The molecule has 1 aliphatic heterocycles. The molecule has 2 aromatic rings. The summed E-state index contributed by atoms with van der Waals surface area (Å²) < 4.78 is 31.2. The minimum Gasteiger partial charge on any atom is -0.492 e. The van der Waals surface area contributed by atoms with Crippen LogP contribution < -0.4 is 15.1 Å². The SMILES string of the molecule is COc1c(N2CCN(CO[C@]3(C(=O)CO)CC[C@H]4[C@@H]5CCC6=CC(=O)C=C[C@]6(C)C5[C@@H](O)C[C@@]43C)C(C)C2)c(F)c(C)c2c(=O)c(C(=O)O)c(C)n(C3CC3)c12. The zero-order valence-electron chi connectivity index (χ0n) is 33.2. The molecule has 1 saturated heterocycles. The Labute approximate surface area is 325 Å². The van der Waals surface area contributed by atoms with Crippen LogP contribution in [0.3, 0.4) is 0 Å². The Bertz CT molecular complexity index is 2160. The molecule has 3 N–H and O–H groups in total. The lowest BCUT2D eigenvalue weighted by molar-refractivity contribution is -0.205. The minimum absolute atomic E-state index is 0.0176. The summed E-state index contributed by atoms with van der Waals surface area (Å²) in [5, 5.41) is 32.3. The Balaban J connectivity index is 1.07. The number of hydrogen-bond acceptors (Lipinski definition) is 10. The number of ether oxygens (including phenoxy) is 2. The number of carbonyl (C=O) groups is 3. The van der Waals surface area contributed by atoms with Gasteiger partial charge in [-0.05, 0) is 89.7 Å². The van der Waals surface area contributed by atoms with Crippen LogP contribution in [-0.2, 0) is 14.3 Å². The van der Waals surface area contributed by atoms with Crippen LogP contribution in [0.25, 0.3) is 10.9 Å². The largest absolute Gasteiger partial charge is 0.492 e. The van der Waals surface area contributed by atoms with Crippen molar-refractivity contribution in [1.82, 2.24) is 9.47 Å². The van der Waals surface area contributed by atoms with Crippen molar-refractivity contribution in [3.63, 3.8) is 0 Å². The number of carboxylic acids is 1. The topological polar surface area (TPSA) is 159 Å². The third-order valence-electron chi connectivity index (χ3n) is 15.1. The third kappa shape index (κ3) is 5.43. The van der Waals surface area contributed by atoms with Crippen molar-refractivity contribution in [3.05, 3.63) is 56.7 Å². The molecule has 56 heavy (non-hydrogen) atoms. The van der Waals surface area contributed by atoms with Crippen molar-refractivity contribution in [2.75, 3.05) is 45.0 Å². The van der Waals surface area contributed by atoms with E-state index in [4.69, 9.17) is 9.47 Å². The first-order valence-corrected chi connectivity index (χ1v) is 20.1. The fraction of sp³-hybridized carbons (Fsp3) is 0.628. The fourth-order valence-electron chi connectivity index (χ4n) is 12.2. The number of Topliss-reactive ketones (excluding diaryl/α,β-unsaturated/α-hetero) is 1. The summed E-state index contributed by atoms with van der Waals surface area (Å²) in [6.45, 7) is 9.91. The second kappa shape index (κ2) is 13.6. The van der Waals surface area contributed by atoms with Crippen LogP contribution in [0, 0.1) is 48.2 Å². The van der Waals surface area contributed by atoms with Gasteiger partial charge in [0.25, 0.3) is 0 Å². The van der Waals surface area contributed by atoms with Crippen molar-refractivity contribution in [2.45, 2.75) is 103 Å². The van der Waals surface area contributed by atoms with Crippen LogP contribution in [0.5, 0.6) is 5.75 Å². The first kappa shape index (κ1) is 38.9. The maximum absolute atomic E-state index is 16.6. The van der Waals surface area contributed by atoms with Crippen molar-refractivity contribution >= 4 is 34.1 Å². The molecule has 1 aromatic carbocycles. The summed E-state index contributed by atoms with van der Waals surface area (Å²) in [5.41, 5.74) is -1.48. The highest BCUT2D eigenvalue weighted by atomic mass is 19.1. The number of benzene rings is 1. The number of allylic oxidation sites excluding steroid dienone is 4. The van der Waals surface area contributed by atoms with E-state index in [2.05, 4.69) is 11.8 Å². The number of pyridine rings is 1. The van der Waals surface area contributed by atoms with Crippen molar-refractivity contribution in [1.29, 1.82) is 0 Å². The van der Waals surface area contributed by atoms with E-state index in [1.54, 1.807) is 19.1 Å². The van der Waals surface area contributed by atoms with E-state index in [9.17, 15) is 34.5 Å². The normalized spacial score (nSPS) is 34.2. The summed E-state index contributed by atoms with van der Waals surface area (Å²) in [6.07, 6.45) is 9.21. The molecule has 0 bridgehead atoms. The van der Waals surface area contributed by atoms with E-state index in [0.717, 1.165) is 37.7 Å². The number of aliphatic hydroxyl groups excluding tert-OH is 2. The molecular weight excluding hydrogens is 721 g/mol. The molecule has 2 heterocycles. The van der Waals surface area contributed by atoms with E-state index in [1.165, 1.54) is 14.0 Å². The standard InChI is InChI=1S/C43H54FN3O9/c1-22-19-45(37-35(44)23(2)32-36(39(37)55-6)47(26-8-9-26)24(3)33(38(32)52)40(53)54)15-16-46(22)21-56-43(31(51)20-48)14-12-29-28-10-7-25-17-27(49)11-13-41(25,4)34(28)30(50)18-42(29,43)5/h11,13,17,22,26,28-30,34,48,50H,7-10,12,14-16,18-21H2,1-6H3,(H,53,54)/t22?,28-,29-,30-,34?,41-,42-,43-/m0/s1. The number of aromatic carboxylic acids is 1. The number of hydrogen-bond donors (Lipinski definition) is 3. The lowest BCUT2D eigenvalue weighted by Crippen LogP contribution is -2.63. The summed E-state index contributed by atoms with van der Waals surface area (Å²) in [4.78, 5) is 56.1. The predicted octanol–water partition coefficient (Wildman–Crippen LogP) is 4.86. The average molecular weight is 776 g/mol. The van der Waals surface area contributed by atoms with Crippen LogP contribution >= 0.6 is 0 Å². The fourth-order valence-corrected chi connectivity index (χ4v) is 12.2. The highest BCUT2D eigenvalue weighted by Gasteiger charge is 2.69. The average Bonchev–Trinajstić information content (AvgIpc) is 3.94. The van der Waals surface area contributed by atoms with Gasteiger partial charge in [-0.25, -0.2) is 9.18 Å². The Hall–Kier alpha value is -3.91. The Morgan fingerprint density at radius 2 is 1.82 bits per heavy atom. The van der Waals surface area contributed by atoms with Crippen LogP contribution in [0.4, 0.5) is 10.1 Å². The molecular formula is C43H54FN3O9. The number of aromatic nitrogens is 1. The molecule has 0 radical (unpaired) electrons. The number of aryl methyl sites for hydroxylation is 1. The molecule has 4 saturated carbocycles. The number of nitrogens with zero attached hydrogens (tertiary/aromatic N) is 3. The van der Waals surface area contributed by atoms with E-state index in [-0.39, 0.29) is 76.1 Å². The number of anilines is 1. The second-order valence-corrected chi connectivity index (χ2v) is 17.8. The van der Waals surface area contributed by atoms with Gasteiger partial charge >= 0.3 is 5.97 Å². The molecule has 1 aromatic heterocycles. The molecule has 2 unspecified atom stereocenters. The Morgan fingerprint density at radius 3 is 2.46 bits per heavy atom. The van der Waals surface area contributed by atoms with E-state index in [0.29, 0.717) is 43.7 Å². The van der Waals surface area contributed by atoms with E-state index in [1.807, 2.05) is 29.4 Å². The number of aliphatic hydroxyl groups is 2. The van der Waals surface area contributed by atoms with Gasteiger partial charge in [-0.3, -0.25) is 19.3 Å². The minimum atomic E-state index is -1.35. The van der Waals surface area contributed by atoms with Gasteiger partial charge < -0.3 is 34.3 Å². The quantitative estimate of drug-likeness (QED) is 0.320. The number of carbonyl (C=O) groups excluding carboxylic acids is 2. The number of piperazine rings is 1. The van der Waals surface area contributed by atoms with Gasteiger partial charge in [0, 0.05) is 59.7 Å². The molecule has 13 heteroatoms. The maximum atomic E-state index is 16.6. The molecule has 302 valence electrons. The molecule has 5 aliphatic carbocycles. The zero-order chi connectivity index (χ0) is 40.2. The van der Waals surface area contributed by atoms with Crippen LogP contribution in [0.15, 0.2) is 28.6 Å². The Kier molecular flexibility index (Phi) is 9.46. The Morgan fingerprint density at radius 1 is 1.09 bits per heavy atom. The highest BCUT2D eigenvalue weighted by molar-refractivity contribution is 6.01. The molecule has 0 spiro atoms. The van der Waals surface area contributed by atoms with Crippen LogP contribution in [0.2, 0.25) is 0 Å². The summed E-state index contributed by atoms with van der Waals surface area (Å²) >= 11 is 0. The molecule has 6 aliphatic rings. The van der Waals surface area contributed by atoms with Crippen LogP contribution in [-0.4, -0.2) is 100 Å². The number of rotatable bonds is 9. The summed E-state index contributed by atoms with van der Waals surface area (Å²) in [7, 11) is 1.44. The first-order valence-electron chi connectivity index (χ1n) is 20.1. The zero-order valence-corrected chi connectivity index (χ0v) is 33.2. The summed E-state index contributed by atoms with van der Waals surface area (Å²) in [6, 6.07) is -0.203.